The Hall–Kier alpha value is -2.15. The smallest absolute Gasteiger partial charge is 0.249 e. The van der Waals surface area contributed by atoms with Crippen LogP contribution in [-0.4, -0.2) is 41.3 Å². The van der Waals surface area contributed by atoms with Crippen LogP contribution in [0.3, 0.4) is 0 Å². The fraction of sp³-hybridized carbons (Fsp3) is 0.300. The molecule has 1 saturated heterocycles. The Kier molecular flexibility index (Phi) is 5.80. The van der Waals surface area contributed by atoms with Gasteiger partial charge in [-0.2, -0.15) is 0 Å². The van der Waals surface area contributed by atoms with Gasteiger partial charge >= 0.3 is 0 Å². The van der Waals surface area contributed by atoms with Crippen LogP contribution < -0.4 is 4.90 Å². The zero-order valence-electron chi connectivity index (χ0n) is 15.1. The maximum Gasteiger partial charge on any atom is 0.249 e. The van der Waals surface area contributed by atoms with E-state index in [2.05, 4.69) is 20.0 Å². The monoisotopic (exact) mass is 420 g/mol. The normalized spacial score (nSPS) is 15.6. The van der Waals surface area contributed by atoms with Crippen LogP contribution in [0, 0.1) is 5.82 Å². The van der Waals surface area contributed by atoms with E-state index in [0.717, 1.165) is 38.3 Å². The van der Waals surface area contributed by atoms with E-state index in [0.29, 0.717) is 33.9 Å². The van der Waals surface area contributed by atoms with Gasteiger partial charge in [-0.05, 0) is 48.9 Å². The number of aromatic nitrogens is 2. The van der Waals surface area contributed by atoms with Crippen molar-refractivity contribution in [3.8, 4) is 11.5 Å². The number of anilines is 1. The van der Waals surface area contributed by atoms with Gasteiger partial charge in [0.25, 0.3) is 0 Å². The molecule has 0 radical (unpaired) electrons. The van der Waals surface area contributed by atoms with Gasteiger partial charge in [-0.1, -0.05) is 23.2 Å². The van der Waals surface area contributed by atoms with Gasteiger partial charge in [-0.3, -0.25) is 4.90 Å². The van der Waals surface area contributed by atoms with E-state index in [4.69, 9.17) is 27.6 Å². The first-order valence-corrected chi connectivity index (χ1v) is 9.85. The van der Waals surface area contributed by atoms with E-state index < -0.39 is 0 Å². The summed E-state index contributed by atoms with van der Waals surface area (Å²) in [5.41, 5.74) is 1.71. The third-order valence-corrected chi connectivity index (χ3v) is 5.32. The van der Waals surface area contributed by atoms with Crippen LogP contribution in [-0.2, 0) is 6.54 Å². The van der Waals surface area contributed by atoms with E-state index in [1.807, 2.05) is 12.1 Å². The molecule has 1 aliphatic heterocycles. The average Bonchev–Trinajstić information content (AvgIpc) is 3.00. The molecule has 0 aliphatic carbocycles. The Labute approximate surface area is 172 Å². The SMILES string of the molecule is Fc1ccc(N2CCCN(Cc3nnc(-c4ccc(Cl)cc4Cl)o3)CC2)cc1. The van der Waals surface area contributed by atoms with Gasteiger partial charge in [0, 0.05) is 36.9 Å². The molecule has 5 nitrogen and oxygen atoms in total. The van der Waals surface area contributed by atoms with Crippen molar-refractivity contribution in [2.75, 3.05) is 31.1 Å². The molecule has 1 aliphatic rings. The van der Waals surface area contributed by atoms with Crippen molar-refractivity contribution in [2.45, 2.75) is 13.0 Å². The Morgan fingerprint density at radius 2 is 1.79 bits per heavy atom. The number of benzene rings is 2. The van der Waals surface area contributed by atoms with Gasteiger partial charge in [0.1, 0.15) is 5.82 Å². The summed E-state index contributed by atoms with van der Waals surface area (Å²) >= 11 is 12.2. The van der Waals surface area contributed by atoms with Gasteiger partial charge in [-0.15, -0.1) is 10.2 Å². The lowest BCUT2D eigenvalue weighted by Crippen LogP contribution is -2.30. The number of nitrogens with zero attached hydrogens (tertiary/aromatic N) is 4. The minimum Gasteiger partial charge on any atom is -0.419 e. The van der Waals surface area contributed by atoms with Crippen LogP contribution in [0.25, 0.3) is 11.5 Å². The number of halogens is 3. The zero-order valence-corrected chi connectivity index (χ0v) is 16.6. The van der Waals surface area contributed by atoms with Crippen LogP contribution in [0.15, 0.2) is 46.9 Å². The summed E-state index contributed by atoms with van der Waals surface area (Å²) in [4.78, 5) is 4.55. The molecule has 8 heteroatoms. The highest BCUT2D eigenvalue weighted by atomic mass is 35.5. The molecule has 0 atom stereocenters. The first kappa shape index (κ1) is 19.2. The molecular formula is C20H19Cl2FN4O. The predicted molar refractivity (Wildman–Crippen MR) is 108 cm³/mol. The van der Waals surface area contributed by atoms with Crippen molar-refractivity contribution < 1.29 is 8.81 Å². The number of hydrogen-bond acceptors (Lipinski definition) is 5. The van der Waals surface area contributed by atoms with Crippen LogP contribution in [0.2, 0.25) is 10.0 Å². The zero-order chi connectivity index (χ0) is 19.5. The maximum absolute atomic E-state index is 13.1. The van der Waals surface area contributed by atoms with E-state index >= 15 is 0 Å². The highest BCUT2D eigenvalue weighted by Gasteiger charge is 2.19. The second-order valence-electron chi connectivity index (χ2n) is 6.72. The van der Waals surface area contributed by atoms with Crippen LogP contribution in [0.5, 0.6) is 0 Å². The minimum atomic E-state index is -0.215. The molecule has 4 rings (SSSR count). The lowest BCUT2D eigenvalue weighted by atomic mass is 10.2. The second kappa shape index (κ2) is 8.47. The second-order valence-corrected chi connectivity index (χ2v) is 7.56. The van der Waals surface area contributed by atoms with Crippen molar-refractivity contribution in [1.82, 2.24) is 15.1 Å². The quantitative estimate of drug-likeness (QED) is 0.600. The third-order valence-electron chi connectivity index (χ3n) is 4.77. The van der Waals surface area contributed by atoms with Gasteiger partial charge < -0.3 is 9.32 Å². The molecule has 1 aromatic heterocycles. The van der Waals surface area contributed by atoms with Gasteiger partial charge in [0.15, 0.2) is 0 Å². The summed E-state index contributed by atoms with van der Waals surface area (Å²) < 4.78 is 19.0. The molecule has 28 heavy (non-hydrogen) atoms. The summed E-state index contributed by atoms with van der Waals surface area (Å²) in [5, 5.41) is 9.32. The highest BCUT2D eigenvalue weighted by Crippen LogP contribution is 2.29. The summed E-state index contributed by atoms with van der Waals surface area (Å²) in [6, 6.07) is 11.8. The van der Waals surface area contributed by atoms with Gasteiger partial charge in [-0.25, -0.2) is 4.39 Å². The van der Waals surface area contributed by atoms with E-state index in [-0.39, 0.29) is 5.82 Å². The van der Waals surface area contributed by atoms with E-state index in [1.165, 1.54) is 12.1 Å². The van der Waals surface area contributed by atoms with Crippen molar-refractivity contribution in [1.29, 1.82) is 0 Å². The standard InChI is InChI=1S/C20H19Cl2FN4O/c21-14-2-7-17(18(22)12-14)20-25-24-19(28-20)13-26-8-1-9-27(11-10-26)16-5-3-15(23)4-6-16/h2-7,12H,1,8-11,13H2. The molecule has 0 unspecified atom stereocenters. The molecule has 3 aromatic rings. The van der Waals surface area contributed by atoms with Crippen molar-refractivity contribution in [3.05, 3.63) is 64.2 Å². The molecule has 0 spiro atoms. The lowest BCUT2D eigenvalue weighted by molar-refractivity contribution is 0.256. The molecular weight excluding hydrogens is 402 g/mol. The largest absolute Gasteiger partial charge is 0.419 e. The van der Waals surface area contributed by atoms with Gasteiger partial charge in [0.2, 0.25) is 11.8 Å². The first-order valence-electron chi connectivity index (χ1n) is 9.09. The average molecular weight is 421 g/mol. The molecule has 0 amide bonds. The highest BCUT2D eigenvalue weighted by molar-refractivity contribution is 6.36. The summed E-state index contributed by atoms with van der Waals surface area (Å²) in [7, 11) is 0. The Bertz CT molecular complexity index is 948. The molecule has 1 fully saturated rings. The minimum absolute atomic E-state index is 0.215. The molecule has 146 valence electrons. The fourth-order valence-electron chi connectivity index (χ4n) is 3.32. The third kappa shape index (κ3) is 4.46. The Morgan fingerprint density at radius 1 is 0.964 bits per heavy atom. The molecule has 0 bridgehead atoms. The number of hydrogen-bond donors (Lipinski definition) is 0. The first-order chi connectivity index (χ1) is 13.6. The topological polar surface area (TPSA) is 45.4 Å². The Morgan fingerprint density at radius 3 is 2.57 bits per heavy atom. The lowest BCUT2D eigenvalue weighted by Gasteiger charge is -2.23. The van der Waals surface area contributed by atoms with Crippen molar-refractivity contribution in [3.63, 3.8) is 0 Å². The van der Waals surface area contributed by atoms with Crippen molar-refractivity contribution >= 4 is 28.9 Å². The molecule has 0 saturated carbocycles. The van der Waals surface area contributed by atoms with Crippen LogP contribution in [0.1, 0.15) is 12.3 Å². The molecule has 2 aromatic carbocycles. The van der Waals surface area contributed by atoms with Crippen LogP contribution in [0.4, 0.5) is 10.1 Å². The van der Waals surface area contributed by atoms with E-state index in [1.54, 1.807) is 18.2 Å². The maximum atomic E-state index is 13.1. The molecule has 0 N–H and O–H groups in total. The number of rotatable bonds is 4. The summed E-state index contributed by atoms with van der Waals surface area (Å²) in [5.74, 6) is 0.726. The summed E-state index contributed by atoms with van der Waals surface area (Å²) in [6.07, 6.45) is 1.00. The van der Waals surface area contributed by atoms with Gasteiger partial charge in [0.05, 0.1) is 17.1 Å². The van der Waals surface area contributed by atoms with E-state index in [9.17, 15) is 4.39 Å². The van der Waals surface area contributed by atoms with Crippen LogP contribution >= 0.6 is 23.2 Å². The summed E-state index contributed by atoms with van der Waals surface area (Å²) in [6.45, 7) is 4.15. The molecule has 2 heterocycles. The predicted octanol–water partition coefficient (Wildman–Crippen LogP) is 4.89. The Balaban J connectivity index is 1.40. The van der Waals surface area contributed by atoms with Crippen molar-refractivity contribution in [2.24, 2.45) is 0 Å². The fourth-order valence-corrected chi connectivity index (χ4v) is 3.81.